The van der Waals surface area contributed by atoms with E-state index >= 15 is 0 Å². The van der Waals surface area contributed by atoms with Gasteiger partial charge >= 0.3 is 0 Å². The maximum atomic E-state index is 5.00. The van der Waals surface area contributed by atoms with E-state index in [2.05, 4.69) is 60.1 Å². The second-order valence-electron chi connectivity index (χ2n) is 5.58. The molecule has 2 aromatic carbocycles. The van der Waals surface area contributed by atoms with Gasteiger partial charge < -0.3 is 5.32 Å². The highest BCUT2D eigenvalue weighted by Crippen LogP contribution is 2.37. The lowest BCUT2D eigenvalue weighted by molar-refractivity contribution is 0.528. The lowest BCUT2D eigenvalue weighted by Crippen LogP contribution is -2.35. The first-order valence-electron chi connectivity index (χ1n) is 7.60. The summed E-state index contributed by atoms with van der Waals surface area (Å²) >= 11 is -0.0202. The van der Waals surface area contributed by atoms with Gasteiger partial charge in [0.25, 0.3) is 0 Å². The molecule has 1 unspecified atom stereocenters. The summed E-state index contributed by atoms with van der Waals surface area (Å²) in [6.45, 7) is 2.25. The van der Waals surface area contributed by atoms with E-state index in [0.29, 0.717) is 5.25 Å². The highest BCUT2D eigenvalue weighted by atomic mass is 32.2. The van der Waals surface area contributed by atoms with Gasteiger partial charge in [-0.2, -0.15) is 0 Å². The Hall–Kier alpha value is -1.58. The van der Waals surface area contributed by atoms with Crippen molar-refractivity contribution in [3.05, 3.63) is 54.1 Å². The standard InChI is InChI=1S/C18H19N2S/c1-2-6-16-14(5-1)13-20-21(15-9-11-19-12-10-15)18-8-4-3-7-17(16)18/h1-8,13,15,19H,9-12H2/q+1. The molecule has 0 saturated carbocycles. The lowest BCUT2D eigenvalue weighted by Gasteiger charge is -2.20. The maximum Gasteiger partial charge on any atom is 0.192 e. The second-order valence-corrected chi connectivity index (χ2v) is 7.53. The molecule has 0 radical (unpaired) electrons. The molecule has 1 atom stereocenters. The van der Waals surface area contributed by atoms with Gasteiger partial charge in [-0.15, -0.1) is 0 Å². The van der Waals surface area contributed by atoms with Gasteiger partial charge in [0.15, 0.2) is 21.2 Å². The van der Waals surface area contributed by atoms with E-state index < -0.39 is 0 Å². The number of rotatable bonds is 1. The fourth-order valence-corrected chi connectivity index (χ4v) is 5.36. The fraction of sp³-hybridized carbons (Fsp3) is 0.278. The number of fused-ring (bicyclic) bond motifs is 3. The highest BCUT2D eigenvalue weighted by Gasteiger charge is 2.38. The minimum atomic E-state index is -0.0202. The number of hydrogen-bond acceptors (Lipinski definition) is 2. The topological polar surface area (TPSA) is 24.4 Å². The van der Waals surface area contributed by atoms with E-state index in [1.165, 1.54) is 34.4 Å². The molecule has 2 aliphatic heterocycles. The third kappa shape index (κ3) is 2.41. The van der Waals surface area contributed by atoms with Gasteiger partial charge in [0.05, 0.1) is 6.21 Å². The molecule has 21 heavy (non-hydrogen) atoms. The summed E-state index contributed by atoms with van der Waals surface area (Å²) in [5, 5.41) is 4.14. The lowest BCUT2D eigenvalue weighted by atomic mass is 10.0. The summed E-state index contributed by atoms with van der Waals surface area (Å²) in [4.78, 5) is 1.42. The Morgan fingerprint density at radius 1 is 0.905 bits per heavy atom. The van der Waals surface area contributed by atoms with E-state index in [1.54, 1.807) is 0 Å². The van der Waals surface area contributed by atoms with Crippen LogP contribution in [0.4, 0.5) is 0 Å². The molecule has 1 N–H and O–H groups in total. The molecule has 2 nitrogen and oxygen atoms in total. The molecule has 0 spiro atoms. The Morgan fingerprint density at radius 3 is 2.48 bits per heavy atom. The average molecular weight is 295 g/mol. The zero-order valence-corrected chi connectivity index (χ0v) is 12.8. The van der Waals surface area contributed by atoms with Crippen LogP contribution < -0.4 is 5.32 Å². The van der Waals surface area contributed by atoms with Crippen LogP contribution in [0, 0.1) is 0 Å². The van der Waals surface area contributed by atoms with Crippen molar-refractivity contribution in [2.24, 2.45) is 4.40 Å². The van der Waals surface area contributed by atoms with Crippen molar-refractivity contribution in [3.63, 3.8) is 0 Å². The number of nitrogens with one attached hydrogen (secondary N) is 1. The third-order valence-corrected chi connectivity index (χ3v) is 6.51. The number of piperidine rings is 1. The highest BCUT2D eigenvalue weighted by molar-refractivity contribution is 7.96. The van der Waals surface area contributed by atoms with E-state index in [4.69, 9.17) is 4.40 Å². The van der Waals surface area contributed by atoms with Crippen molar-refractivity contribution in [3.8, 4) is 11.1 Å². The summed E-state index contributed by atoms with van der Waals surface area (Å²) < 4.78 is 5.00. The van der Waals surface area contributed by atoms with Crippen LogP contribution in [-0.4, -0.2) is 24.6 Å². The van der Waals surface area contributed by atoms with Gasteiger partial charge in [-0.3, -0.25) is 0 Å². The Labute approximate surface area is 128 Å². The van der Waals surface area contributed by atoms with Gasteiger partial charge in [0.1, 0.15) is 0 Å². The molecule has 2 aromatic rings. The third-order valence-electron chi connectivity index (χ3n) is 4.27. The molecule has 106 valence electrons. The Kier molecular flexibility index (Phi) is 3.53. The number of benzene rings is 2. The van der Waals surface area contributed by atoms with Gasteiger partial charge in [-0.05, 0) is 30.8 Å². The minimum absolute atomic E-state index is 0.0202. The zero-order chi connectivity index (χ0) is 14.1. The summed E-state index contributed by atoms with van der Waals surface area (Å²) in [5.41, 5.74) is 3.93. The van der Waals surface area contributed by atoms with E-state index in [9.17, 15) is 0 Å². The van der Waals surface area contributed by atoms with Crippen LogP contribution in [0.2, 0.25) is 0 Å². The Balaban J connectivity index is 1.84. The summed E-state index contributed by atoms with van der Waals surface area (Å²) in [6.07, 6.45) is 4.55. The van der Waals surface area contributed by atoms with Crippen molar-refractivity contribution in [1.82, 2.24) is 5.32 Å². The maximum absolute atomic E-state index is 5.00. The molecular formula is C18H19N2S+. The first-order valence-corrected chi connectivity index (χ1v) is 8.84. The quantitative estimate of drug-likeness (QED) is 0.801. The largest absolute Gasteiger partial charge is 0.316 e. The van der Waals surface area contributed by atoms with Crippen LogP contribution in [0.15, 0.2) is 57.8 Å². The monoisotopic (exact) mass is 295 g/mol. The van der Waals surface area contributed by atoms with Crippen molar-refractivity contribution < 1.29 is 0 Å². The molecule has 3 heteroatoms. The van der Waals surface area contributed by atoms with Gasteiger partial charge in [0, 0.05) is 24.0 Å². The SMILES string of the molecule is C1=N[S+](C2CCNCC2)c2ccccc2-c2ccccc21. The first-order chi connectivity index (χ1) is 10.4. The zero-order valence-electron chi connectivity index (χ0n) is 12.0. The molecule has 2 heterocycles. The van der Waals surface area contributed by atoms with E-state index in [-0.39, 0.29) is 11.1 Å². The molecule has 1 saturated heterocycles. The molecule has 2 aliphatic rings. The van der Waals surface area contributed by atoms with Crippen molar-refractivity contribution in [2.75, 3.05) is 13.1 Å². The molecule has 0 bridgehead atoms. The van der Waals surface area contributed by atoms with Crippen LogP contribution in [0.5, 0.6) is 0 Å². The van der Waals surface area contributed by atoms with Crippen LogP contribution >= 0.6 is 0 Å². The van der Waals surface area contributed by atoms with Crippen LogP contribution in [0.25, 0.3) is 11.1 Å². The Bertz CT molecular complexity index is 674. The van der Waals surface area contributed by atoms with E-state index in [1.807, 2.05) is 0 Å². The Morgan fingerprint density at radius 2 is 1.62 bits per heavy atom. The van der Waals surface area contributed by atoms with Gasteiger partial charge in [-0.25, -0.2) is 0 Å². The van der Waals surface area contributed by atoms with Gasteiger partial charge in [0.2, 0.25) is 0 Å². The van der Waals surface area contributed by atoms with Crippen molar-refractivity contribution in [1.29, 1.82) is 0 Å². The molecule has 4 rings (SSSR count). The van der Waals surface area contributed by atoms with Crippen LogP contribution in [0.3, 0.4) is 0 Å². The van der Waals surface area contributed by atoms with Crippen LogP contribution in [-0.2, 0) is 11.1 Å². The average Bonchev–Trinajstić information content (AvgIpc) is 2.73. The molecule has 1 fully saturated rings. The molecular weight excluding hydrogens is 276 g/mol. The predicted molar refractivity (Wildman–Crippen MR) is 91.0 cm³/mol. The van der Waals surface area contributed by atoms with Crippen LogP contribution in [0.1, 0.15) is 18.4 Å². The number of hydrogen-bond donors (Lipinski definition) is 1. The normalized spacial score (nSPS) is 21.4. The summed E-state index contributed by atoms with van der Waals surface area (Å²) in [6, 6.07) is 17.4. The summed E-state index contributed by atoms with van der Waals surface area (Å²) in [7, 11) is 0. The second kappa shape index (κ2) is 5.66. The molecule has 0 aliphatic carbocycles. The summed E-state index contributed by atoms with van der Waals surface area (Å²) in [5.74, 6) is 0. The number of nitrogens with zero attached hydrogens (tertiary/aromatic N) is 1. The van der Waals surface area contributed by atoms with E-state index in [0.717, 1.165) is 13.1 Å². The van der Waals surface area contributed by atoms with Gasteiger partial charge in [-0.1, -0.05) is 40.8 Å². The predicted octanol–water partition coefficient (Wildman–Crippen LogP) is 3.43. The van der Waals surface area contributed by atoms with Crippen molar-refractivity contribution >= 4 is 17.3 Å². The smallest absolute Gasteiger partial charge is 0.192 e. The molecule has 0 amide bonds. The minimum Gasteiger partial charge on any atom is -0.316 e. The fourth-order valence-electron chi connectivity index (χ4n) is 3.18. The molecule has 0 aromatic heterocycles. The van der Waals surface area contributed by atoms with Crippen molar-refractivity contribution in [2.45, 2.75) is 23.0 Å². The first kappa shape index (κ1) is 13.1.